The average molecular weight is 397 g/mol. The number of halogens is 1. The molecule has 2 N–H and O–H groups in total. The highest BCUT2D eigenvalue weighted by molar-refractivity contribution is 5.79. The Balaban J connectivity index is 1.83. The van der Waals surface area contributed by atoms with E-state index in [1.165, 1.54) is 12.1 Å². The van der Waals surface area contributed by atoms with Gasteiger partial charge in [-0.1, -0.05) is 12.1 Å². The van der Waals surface area contributed by atoms with E-state index in [1.54, 1.807) is 42.9 Å². The molecule has 4 rings (SSSR count). The standard InChI is InChI=1S/C21H24FN5O2/c1-13(21(2,3)29)24-20-23-10-9-16(25-20)18-17(14-5-7-15(22)8-6-14)19(28)27-12-4-11-26(18)27/h5-10,13,29H,4,11-12H2,1-3H3,(H,23,24,25)/t13-/m0/s1. The topological polar surface area (TPSA) is 85.0 Å². The second kappa shape index (κ2) is 7.11. The molecule has 3 heterocycles. The monoisotopic (exact) mass is 397 g/mol. The summed E-state index contributed by atoms with van der Waals surface area (Å²) in [5, 5.41) is 13.3. The molecule has 8 heteroatoms. The molecule has 1 atom stereocenters. The van der Waals surface area contributed by atoms with Gasteiger partial charge in [-0.2, -0.15) is 0 Å². The number of nitrogens with one attached hydrogen (secondary N) is 1. The first-order chi connectivity index (χ1) is 13.8. The summed E-state index contributed by atoms with van der Waals surface area (Å²) in [6.07, 6.45) is 2.50. The first-order valence-corrected chi connectivity index (χ1v) is 9.67. The van der Waals surface area contributed by atoms with E-state index in [1.807, 2.05) is 11.6 Å². The fraction of sp³-hybridized carbons (Fsp3) is 0.381. The van der Waals surface area contributed by atoms with Gasteiger partial charge in [0.25, 0.3) is 5.56 Å². The van der Waals surface area contributed by atoms with Gasteiger partial charge in [0.05, 0.1) is 28.6 Å². The lowest BCUT2D eigenvalue weighted by molar-refractivity contribution is 0.0646. The van der Waals surface area contributed by atoms with Gasteiger partial charge in [-0.05, 0) is 51.0 Å². The smallest absolute Gasteiger partial charge is 0.275 e. The molecule has 0 unspecified atom stereocenters. The van der Waals surface area contributed by atoms with E-state index in [0.717, 1.165) is 6.42 Å². The van der Waals surface area contributed by atoms with Gasteiger partial charge in [0, 0.05) is 19.3 Å². The van der Waals surface area contributed by atoms with Gasteiger partial charge in [-0.25, -0.2) is 19.0 Å². The van der Waals surface area contributed by atoms with Crippen molar-refractivity contribution in [2.45, 2.75) is 51.9 Å². The second-order valence-corrected chi connectivity index (χ2v) is 7.92. The molecule has 1 aliphatic heterocycles. The van der Waals surface area contributed by atoms with Crippen LogP contribution in [0.15, 0.2) is 41.3 Å². The fourth-order valence-corrected chi connectivity index (χ4v) is 3.48. The van der Waals surface area contributed by atoms with Crippen molar-refractivity contribution in [1.82, 2.24) is 19.3 Å². The number of hydrogen-bond acceptors (Lipinski definition) is 5. The minimum absolute atomic E-state index is 0.109. The Morgan fingerprint density at radius 2 is 1.86 bits per heavy atom. The van der Waals surface area contributed by atoms with E-state index in [0.29, 0.717) is 41.6 Å². The molecule has 2 aromatic heterocycles. The molecular formula is C21H24FN5O2. The summed E-state index contributed by atoms with van der Waals surface area (Å²) in [6.45, 7) is 6.61. The van der Waals surface area contributed by atoms with Gasteiger partial charge in [0.1, 0.15) is 5.82 Å². The summed E-state index contributed by atoms with van der Waals surface area (Å²) in [7, 11) is 0. The van der Waals surface area contributed by atoms with Crippen molar-refractivity contribution in [1.29, 1.82) is 0 Å². The van der Waals surface area contributed by atoms with Crippen LogP contribution >= 0.6 is 0 Å². The highest BCUT2D eigenvalue weighted by Gasteiger charge is 2.27. The predicted molar refractivity (Wildman–Crippen MR) is 109 cm³/mol. The van der Waals surface area contributed by atoms with Crippen LogP contribution in [0, 0.1) is 5.82 Å². The maximum Gasteiger partial charge on any atom is 0.275 e. The average Bonchev–Trinajstić information content (AvgIpc) is 3.24. The number of rotatable bonds is 5. The highest BCUT2D eigenvalue weighted by Crippen LogP contribution is 2.31. The third-order valence-electron chi connectivity index (χ3n) is 5.41. The van der Waals surface area contributed by atoms with Crippen molar-refractivity contribution < 1.29 is 9.50 Å². The summed E-state index contributed by atoms with van der Waals surface area (Å²) >= 11 is 0. The number of fused-ring (bicyclic) bond motifs is 1. The Morgan fingerprint density at radius 1 is 1.17 bits per heavy atom. The van der Waals surface area contributed by atoms with E-state index >= 15 is 0 Å². The molecule has 0 fully saturated rings. The maximum absolute atomic E-state index is 13.4. The van der Waals surface area contributed by atoms with E-state index in [9.17, 15) is 14.3 Å². The normalized spacial score (nSPS) is 14.7. The molecule has 1 aromatic carbocycles. The maximum atomic E-state index is 13.4. The Hall–Kier alpha value is -3.00. The summed E-state index contributed by atoms with van der Waals surface area (Å²) in [4.78, 5) is 22.0. The minimum atomic E-state index is -0.951. The van der Waals surface area contributed by atoms with Gasteiger partial charge >= 0.3 is 0 Å². The van der Waals surface area contributed by atoms with Crippen LogP contribution in [-0.4, -0.2) is 36.1 Å². The lowest BCUT2D eigenvalue weighted by atomic mass is 10.0. The van der Waals surface area contributed by atoms with Crippen molar-refractivity contribution in [2.75, 3.05) is 5.32 Å². The number of nitrogens with zero attached hydrogens (tertiary/aromatic N) is 4. The Kier molecular flexibility index (Phi) is 4.74. The number of benzene rings is 1. The van der Waals surface area contributed by atoms with Crippen molar-refractivity contribution in [2.24, 2.45) is 0 Å². The van der Waals surface area contributed by atoms with E-state index in [4.69, 9.17) is 0 Å². The Labute approximate surface area is 167 Å². The third kappa shape index (κ3) is 3.55. The first kappa shape index (κ1) is 19.3. The van der Waals surface area contributed by atoms with Crippen molar-refractivity contribution in [3.8, 4) is 22.5 Å². The molecule has 29 heavy (non-hydrogen) atoms. The van der Waals surface area contributed by atoms with Crippen LogP contribution in [0.3, 0.4) is 0 Å². The van der Waals surface area contributed by atoms with E-state index < -0.39 is 5.60 Å². The molecule has 0 amide bonds. The largest absolute Gasteiger partial charge is 0.388 e. The molecular weight excluding hydrogens is 373 g/mol. The highest BCUT2D eigenvalue weighted by atomic mass is 19.1. The van der Waals surface area contributed by atoms with Crippen LogP contribution in [0.4, 0.5) is 10.3 Å². The molecule has 0 saturated carbocycles. The molecule has 152 valence electrons. The van der Waals surface area contributed by atoms with E-state index in [2.05, 4.69) is 15.3 Å². The zero-order valence-electron chi connectivity index (χ0n) is 16.7. The zero-order valence-corrected chi connectivity index (χ0v) is 16.7. The quantitative estimate of drug-likeness (QED) is 0.692. The van der Waals surface area contributed by atoms with Gasteiger partial charge in [0.2, 0.25) is 5.95 Å². The molecule has 3 aromatic rings. The van der Waals surface area contributed by atoms with Crippen LogP contribution in [-0.2, 0) is 13.1 Å². The molecule has 0 radical (unpaired) electrons. The molecule has 1 aliphatic rings. The SMILES string of the molecule is C[C@H](Nc1nccc(-c2c(-c3ccc(F)cc3)c(=O)n3n2CCC3)n1)C(C)(C)O. The van der Waals surface area contributed by atoms with Crippen LogP contribution in [0.2, 0.25) is 0 Å². The molecule has 0 spiro atoms. The summed E-state index contributed by atoms with van der Waals surface area (Å²) in [5.74, 6) is 0.0180. The van der Waals surface area contributed by atoms with Gasteiger partial charge < -0.3 is 10.4 Å². The molecule has 0 saturated heterocycles. The molecule has 0 aliphatic carbocycles. The number of aliphatic hydroxyl groups is 1. The van der Waals surface area contributed by atoms with Crippen molar-refractivity contribution in [3.05, 3.63) is 52.7 Å². The number of anilines is 1. The van der Waals surface area contributed by atoms with Crippen LogP contribution in [0.5, 0.6) is 0 Å². The molecule has 0 bridgehead atoms. The van der Waals surface area contributed by atoms with Gasteiger partial charge in [0.15, 0.2) is 0 Å². The Morgan fingerprint density at radius 3 is 2.55 bits per heavy atom. The second-order valence-electron chi connectivity index (χ2n) is 7.92. The lowest BCUT2D eigenvalue weighted by Crippen LogP contribution is -2.39. The fourth-order valence-electron chi connectivity index (χ4n) is 3.48. The number of aromatic nitrogens is 4. The first-order valence-electron chi connectivity index (χ1n) is 9.67. The summed E-state index contributed by atoms with van der Waals surface area (Å²) in [5.41, 5.74) is 1.39. The van der Waals surface area contributed by atoms with Gasteiger partial charge in [-0.15, -0.1) is 0 Å². The van der Waals surface area contributed by atoms with Crippen molar-refractivity contribution >= 4 is 5.95 Å². The Bertz CT molecular complexity index is 1100. The van der Waals surface area contributed by atoms with Crippen molar-refractivity contribution in [3.63, 3.8) is 0 Å². The molecule has 7 nitrogen and oxygen atoms in total. The van der Waals surface area contributed by atoms with Gasteiger partial charge in [-0.3, -0.25) is 9.48 Å². The predicted octanol–water partition coefficient (Wildman–Crippen LogP) is 2.89. The third-order valence-corrected chi connectivity index (χ3v) is 5.41. The van der Waals surface area contributed by atoms with Crippen LogP contribution in [0.1, 0.15) is 27.2 Å². The minimum Gasteiger partial charge on any atom is -0.388 e. The number of hydrogen-bond donors (Lipinski definition) is 2. The summed E-state index contributed by atoms with van der Waals surface area (Å²) < 4.78 is 17.1. The lowest BCUT2D eigenvalue weighted by Gasteiger charge is -2.26. The van der Waals surface area contributed by atoms with Crippen LogP contribution < -0.4 is 10.9 Å². The zero-order chi connectivity index (χ0) is 20.8. The van der Waals surface area contributed by atoms with E-state index in [-0.39, 0.29) is 17.4 Å². The van der Waals surface area contributed by atoms with Crippen LogP contribution in [0.25, 0.3) is 22.5 Å². The summed E-state index contributed by atoms with van der Waals surface area (Å²) in [6, 6.07) is 7.41.